The fraction of sp³-hybridized carbons (Fsp3) is 0.467. The second kappa shape index (κ2) is 7.64. The van der Waals surface area contributed by atoms with E-state index in [1.54, 1.807) is 4.90 Å². The lowest BCUT2D eigenvalue weighted by atomic mass is 10.2. The van der Waals surface area contributed by atoms with Crippen LogP contribution >= 0.6 is 0 Å². The number of ether oxygens (including phenoxy) is 1. The quantitative estimate of drug-likeness (QED) is 0.631. The standard InChI is InChI=1S/C10H13N3O.C5H10O2/c11-8-1-3-9(4-2-8)13-6-5-12-7-10(13)14;1-5(2,3)7-4-6/h1-4,12H,5-7,11H2;4H,1-3H3. The molecule has 1 heterocycles. The summed E-state index contributed by atoms with van der Waals surface area (Å²) in [6.45, 7) is 7.91. The number of nitrogens with two attached hydrogens (primary N) is 1. The number of carbonyl (C=O) groups is 2. The van der Waals surface area contributed by atoms with Crippen molar-refractivity contribution >= 4 is 23.8 Å². The van der Waals surface area contributed by atoms with E-state index in [1.165, 1.54) is 0 Å². The Balaban J connectivity index is 0.000000270. The highest BCUT2D eigenvalue weighted by atomic mass is 16.5. The summed E-state index contributed by atoms with van der Waals surface area (Å²) in [6, 6.07) is 7.37. The lowest BCUT2D eigenvalue weighted by Gasteiger charge is -2.27. The number of amides is 1. The topological polar surface area (TPSA) is 84.7 Å². The van der Waals surface area contributed by atoms with Gasteiger partial charge in [0.15, 0.2) is 0 Å². The number of carbonyl (C=O) groups excluding carboxylic acids is 2. The Labute approximate surface area is 125 Å². The molecule has 1 aromatic rings. The Bertz CT molecular complexity index is 466. The Morgan fingerprint density at radius 1 is 1.29 bits per heavy atom. The van der Waals surface area contributed by atoms with Crippen LogP contribution in [0.2, 0.25) is 0 Å². The fourth-order valence-electron chi connectivity index (χ4n) is 1.68. The SMILES string of the molecule is CC(C)(C)OC=O.Nc1ccc(N2CCNCC2=O)cc1. The van der Waals surface area contributed by atoms with Crippen molar-refractivity contribution in [3.63, 3.8) is 0 Å². The van der Waals surface area contributed by atoms with Crippen LogP contribution in [0, 0.1) is 0 Å². The molecule has 1 aliphatic heterocycles. The van der Waals surface area contributed by atoms with Gasteiger partial charge in [-0.15, -0.1) is 0 Å². The van der Waals surface area contributed by atoms with Crippen LogP contribution in [0.15, 0.2) is 24.3 Å². The van der Waals surface area contributed by atoms with E-state index in [9.17, 15) is 9.59 Å². The molecule has 0 unspecified atom stereocenters. The Kier molecular flexibility index (Phi) is 6.17. The van der Waals surface area contributed by atoms with Gasteiger partial charge in [-0.1, -0.05) is 0 Å². The highest BCUT2D eigenvalue weighted by Crippen LogP contribution is 2.16. The third kappa shape index (κ3) is 6.27. The van der Waals surface area contributed by atoms with Gasteiger partial charge in [-0.05, 0) is 45.0 Å². The largest absolute Gasteiger partial charge is 0.462 e. The number of anilines is 2. The normalized spacial score (nSPS) is 15.0. The third-order valence-corrected chi connectivity index (χ3v) is 2.70. The fourth-order valence-corrected chi connectivity index (χ4v) is 1.68. The van der Waals surface area contributed by atoms with E-state index in [-0.39, 0.29) is 11.5 Å². The molecular formula is C15H23N3O3. The van der Waals surface area contributed by atoms with Crippen LogP contribution in [0.25, 0.3) is 0 Å². The van der Waals surface area contributed by atoms with Gasteiger partial charge in [-0.3, -0.25) is 9.59 Å². The summed E-state index contributed by atoms with van der Waals surface area (Å²) >= 11 is 0. The average molecular weight is 293 g/mol. The molecule has 0 radical (unpaired) electrons. The molecule has 6 heteroatoms. The molecule has 0 bridgehead atoms. The van der Waals surface area contributed by atoms with Crippen molar-refractivity contribution < 1.29 is 14.3 Å². The minimum atomic E-state index is -0.318. The number of nitrogen functional groups attached to an aromatic ring is 1. The Morgan fingerprint density at radius 2 is 1.90 bits per heavy atom. The Hall–Kier alpha value is -2.08. The van der Waals surface area contributed by atoms with Crippen molar-refractivity contribution in [1.29, 1.82) is 0 Å². The van der Waals surface area contributed by atoms with Crippen LogP contribution in [0.3, 0.4) is 0 Å². The number of piperazine rings is 1. The molecule has 0 atom stereocenters. The van der Waals surface area contributed by atoms with Crippen LogP contribution < -0.4 is 16.0 Å². The molecule has 116 valence electrons. The molecule has 1 amide bonds. The van der Waals surface area contributed by atoms with E-state index in [2.05, 4.69) is 10.1 Å². The molecule has 1 aliphatic rings. The van der Waals surface area contributed by atoms with E-state index in [4.69, 9.17) is 5.73 Å². The van der Waals surface area contributed by atoms with Gasteiger partial charge in [0.1, 0.15) is 5.60 Å². The number of hydrogen-bond donors (Lipinski definition) is 2. The van der Waals surface area contributed by atoms with Crippen LogP contribution in [-0.2, 0) is 14.3 Å². The van der Waals surface area contributed by atoms with Crippen LogP contribution in [-0.4, -0.2) is 37.6 Å². The molecule has 3 N–H and O–H groups in total. The maximum absolute atomic E-state index is 11.5. The van der Waals surface area contributed by atoms with Crippen molar-refractivity contribution in [1.82, 2.24) is 5.32 Å². The summed E-state index contributed by atoms with van der Waals surface area (Å²) < 4.78 is 4.55. The molecular weight excluding hydrogens is 270 g/mol. The predicted octanol–water partition coefficient (Wildman–Crippen LogP) is 1.16. The van der Waals surface area contributed by atoms with Gasteiger partial charge in [0, 0.05) is 24.5 Å². The van der Waals surface area contributed by atoms with Gasteiger partial charge in [0.05, 0.1) is 6.54 Å². The first-order chi connectivity index (χ1) is 9.83. The first-order valence-electron chi connectivity index (χ1n) is 6.81. The lowest BCUT2D eigenvalue weighted by molar-refractivity contribution is -0.138. The minimum absolute atomic E-state index is 0.112. The smallest absolute Gasteiger partial charge is 0.293 e. The lowest BCUT2D eigenvalue weighted by Crippen LogP contribution is -2.48. The average Bonchev–Trinajstić information content (AvgIpc) is 2.40. The number of rotatable bonds is 2. The summed E-state index contributed by atoms with van der Waals surface area (Å²) in [5, 5.41) is 3.03. The maximum Gasteiger partial charge on any atom is 0.293 e. The van der Waals surface area contributed by atoms with Gasteiger partial charge in [0.2, 0.25) is 5.91 Å². The van der Waals surface area contributed by atoms with Crippen molar-refractivity contribution in [2.45, 2.75) is 26.4 Å². The van der Waals surface area contributed by atoms with Crippen LogP contribution in [0.5, 0.6) is 0 Å². The summed E-state index contributed by atoms with van der Waals surface area (Å²) in [6.07, 6.45) is 0. The van der Waals surface area contributed by atoms with Crippen molar-refractivity contribution in [2.24, 2.45) is 0 Å². The van der Waals surface area contributed by atoms with Crippen molar-refractivity contribution in [3.8, 4) is 0 Å². The van der Waals surface area contributed by atoms with Gasteiger partial charge >= 0.3 is 0 Å². The van der Waals surface area contributed by atoms with Gasteiger partial charge in [0.25, 0.3) is 6.47 Å². The van der Waals surface area contributed by atoms with Gasteiger partial charge in [-0.25, -0.2) is 0 Å². The van der Waals surface area contributed by atoms with E-state index >= 15 is 0 Å². The first kappa shape index (κ1) is 17.0. The van der Waals surface area contributed by atoms with E-state index in [0.717, 1.165) is 24.5 Å². The minimum Gasteiger partial charge on any atom is -0.462 e. The third-order valence-electron chi connectivity index (χ3n) is 2.70. The molecule has 2 rings (SSSR count). The highest BCUT2D eigenvalue weighted by Gasteiger charge is 2.18. The molecule has 1 saturated heterocycles. The molecule has 6 nitrogen and oxygen atoms in total. The zero-order valence-corrected chi connectivity index (χ0v) is 12.8. The molecule has 1 fully saturated rings. The summed E-state index contributed by atoms with van der Waals surface area (Å²) in [4.78, 5) is 22.9. The predicted molar refractivity (Wildman–Crippen MR) is 83.0 cm³/mol. The molecule has 0 aliphatic carbocycles. The summed E-state index contributed by atoms with van der Waals surface area (Å²) in [5.74, 6) is 0.112. The second-order valence-corrected chi connectivity index (χ2v) is 5.64. The Morgan fingerprint density at radius 3 is 2.33 bits per heavy atom. The number of nitrogens with zero attached hydrogens (tertiary/aromatic N) is 1. The molecule has 1 aromatic carbocycles. The summed E-state index contributed by atoms with van der Waals surface area (Å²) in [7, 11) is 0. The maximum atomic E-state index is 11.5. The zero-order chi connectivity index (χ0) is 15.9. The second-order valence-electron chi connectivity index (χ2n) is 5.64. The van der Waals surface area contributed by atoms with E-state index < -0.39 is 0 Å². The first-order valence-corrected chi connectivity index (χ1v) is 6.81. The number of nitrogens with one attached hydrogen (secondary N) is 1. The van der Waals surface area contributed by atoms with Gasteiger partial charge in [-0.2, -0.15) is 0 Å². The summed E-state index contributed by atoms with van der Waals surface area (Å²) in [5.41, 5.74) is 6.90. The zero-order valence-electron chi connectivity index (χ0n) is 12.8. The molecule has 0 spiro atoms. The highest BCUT2D eigenvalue weighted by molar-refractivity contribution is 5.95. The van der Waals surface area contributed by atoms with Crippen LogP contribution in [0.4, 0.5) is 11.4 Å². The monoisotopic (exact) mass is 293 g/mol. The number of hydrogen-bond acceptors (Lipinski definition) is 5. The molecule has 0 saturated carbocycles. The molecule has 21 heavy (non-hydrogen) atoms. The van der Waals surface area contributed by atoms with Crippen molar-refractivity contribution in [2.75, 3.05) is 30.3 Å². The number of benzene rings is 1. The van der Waals surface area contributed by atoms with E-state index in [0.29, 0.717) is 13.0 Å². The van der Waals surface area contributed by atoms with Crippen LogP contribution in [0.1, 0.15) is 20.8 Å². The molecule has 0 aromatic heterocycles. The van der Waals surface area contributed by atoms with Crippen molar-refractivity contribution in [3.05, 3.63) is 24.3 Å². The van der Waals surface area contributed by atoms with Gasteiger partial charge < -0.3 is 20.7 Å². The van der Waals surface area contributed by atoms with E-state index in [1.807, 2.05) is 45.0 Å².